The lowest BCUT2D eigenvalue weighted by molar-refractivity contribution is -0.000778. The molecule has 1 aliphatic rings. The number of nitrogens with two attached hydrogens (primary N) is 1. The zero-order valence-electron chi connectivity index (χ0n) is 10.7. The fourth-order valence-electron chi connectivity index (χ4n) is 2.57. The number of aliphatic hydroxyl groups excluding tert-OH is 1. The molecule has 3 N–H and O–H groups in total. The van der Waals surface area contributed by atoms with Gasteiger partial charge in [-0.3, -0.25) is 0 Å². The summed E-state index contributed by atoms with van der Waals surface area (Å²) in [5.74, 6) is 0.783. The van der Waals surface area contributed by atoms with Gasteiger partial charge in [-0.2, -0.15) is 0 Å². The molecule has 7 heteroatoms. The van der Waals surface area contributed by atoms with Gasteiger partial charge >= 0.3 is 0 Å². The summed E-state index contributed by atoms with van der Waals surface area (Å²) in [4.78, 5) is 12.4. The van der Waals surface area contributed by atoms with Crippen LogP contribution in [0.5, 0.6) is 0 Å². The Bertz CT molecular complexity index is 585. The molecule has 3 atom stereocenters. The van der Waals surface area contributed by atoms with E-state index in [-0.39, 0.29) is 18.8 Å². The molecule has 2 aromatic rings. The van der Waals surface area contributed by atoms with Crippen molar-refractivity contribution in [3.63, 3.8) is 0 Å². The maximum absolute atomic E-state index is 9.15. The summed E-state index contributed by atoms with van der Waals surface area (Å²) < 4.78 is 7.73. The number of aliphatic hydroxyl groups is 1. The van der Waals surface area contributed by atoms with Gasteiger partial charge in [-0.25, -0.2) is 15.0 Å². The second-order valence-electron chi connectivity index (χ2n) is 5.02. The summed E-state index contributed by atoms with van der Waals surface area (Å²) in [5.41, 5.74) is 7.09. The molecular weight excluding hydrogens is 246 g/mol. The third-order valence-corrected chi connectivity index (χ3v) is 3.65. The van der Waals surface area contributed by atoms with Crippen molar-refractivity contribution in [1.29, 1.82) is 0 Å². The van der Waals surface area contributed by atoms with E-state index >= 15 is 0 Å². The normalized spacial score (nSPS) is 27.2. The van der Waals surface area contributed by atoms with E-state index in [1.54, 1.807) is 6.33 Å². The number of anilines is 1. The van der Waals surface area contributed by atoms with Crippen molar-refractivity contribution in [3.05, 3.63) is 12.7 Å². The summed E-state index contributed by atoms with van der Waals surface area (Å²) >= 11 is 0. The first-order chi connectivity index (χ1) is 9.19. The largest absolute Gasteiger partial charge is 0.394 e. The van der Waals surface area contributed by atoms with Crippen molar-refractivity contribution in [2.24, 2.45) is 5.92 Å². The summed E-state index contributed by atoms with van der Waals surface area (Å²) in [7, 11) is 0. The van der Waals surface area contributed by atoms with E-state index in [1.807, 2.05) is 4.57 Å². The van der Waals surface area contributed by atoms with Crippen LogP contribution in [0.3, 0.4) is 0 Å². The Morgan fingerprint density at radius 3 is 3.05 bits per heavy atom. The van der Waals surface area contributed by atoms with Gasteiger partial charge in [0.15, 0.2) is 11.5 Å². The van der Waals surface area contributed by atoms with Crippen molar-refractivity contribution in [3.8, 4) is 0 Å². The molecule has 0 spiro atoms. The predicted molar refractivity (Wildman–Crippen MR) is 69.3 cm³/mol. The van der Waals surface area contributed by atoms with E-state index in [0.717, 1.165) is 12.1 Å². The van der Waals surface area contributed by atoms with E-state index in [4.69, 9.17) is 15.6 Å². The Labute approximate surface area is 110 Å². The minimum absolute atomic E-state index is 0.0607. The number of hydrogen-bond acceptors (Lipinski definition) is 6. The summed E-state index contributed by atoms with van der Waals surface area (Å²) in [5, 5.41) is 9.15. The van der Waals surface area contributed by atoms with Crippen molar-refractivity contribution in [1.82, 2.24) is 19.5 Å². The maximum atomic E-state index is 9.15. The van der Waals surface area contributed by atoms with Crippen LogP contribution in [0.1, 0.15) is 13.3 Å². The van der Waals surface area contributed by atoms with Crippen LogP contribution in [0.4, 0.5) is 5.82 Å². The fraction of sp³-hybridized carbons (Fsp3) is 0.583. The third-order valence-electron chi connectivity index (χ3n) is 3.65. The molecule has 0 radical (unpaired) electrons. The van der Waals surface area contributed by atoms with Gasteiger partial charge in [0, 0.05) is 0 Å². The first-order valence-corrected chi connectivity index (χ1v) is 6.36. The topological polar surface area (TPSA) is 99.1 Å². The highest BCUT2D eigenvalue weighted by Crippen LogP contribution is 2.28. The van der Waals surface area contributed by atoms with Crippen LogP contribution < -0.4 is 5.73 Å². The number of nitrogen functional groups attached to an aromatic ring is 1. The molecule has 0 aromatic carbocycles. The molecule has 1 fully saturated rings. The van der Waals surface area contributed by atoms with E-state index < -0.39 is 0 Å². The molecule has 0 amide bonds. The Kier molecular flexibility index (Phi) is 3.08. The zero-order chi connectivity index (χ0) is 13.4. The van der Waals surface area contributed by atoms with Gasteiger partial charge in [-0.1, -0.05) is 6.92 Å². The van der Waals surface area contributed by atoms with E-state index in [0.29, 0.717) is 23.8 Å². The Morgan fingerprint density at radius 1 is 1.47 bits per heavy atom. The van der Waals surface area contributed by atoms with Crippen molar-refractivity contribution in [2.75, 3.05) is 12.3 Å². The van der Waals surface area contributed by atoms with Crippen LogP contribution in [-0.2, 0) is 11.3 Å². The van der Waals surface area contributed by atoms with Crippen molar-refractivity contribution >= 4 is 17.0 Å². The van der Waals surface area contributed by atoms with Gasteiger partial charge in [-0.15, -0.1) is 0 Å². The van der Waals surface area contributed by atoms with Gasteiger partial charge in [0.1, 0.15) is 11.8 Å². The molecule has 0 bridgehead atoms. The number of imidazole rings is 1. The van der Waals surface area contributed by atoms with Crippen LogP contribution in [0.15, 0.2) is 12.7 Å². The Balaban J connectivity index is 1.84. The van der Waals surface area contributed by atoms with Crippen molar-refractivity contribution < 1.29 is 9.84 Å². The van der Waals surface area contributed by atoms with Gasteiger partial charge in [-0.05, 0) is 12.3 Å². The monoisotopic (exact) mass is 263 g/mol. The molecule has 1 aliphatic heterocycles. The quantitative estimate of drug-likeness (QED) is 0.820. The van der Waals surface area contributed by atoms with E-state index in [2.05, 4.69) is 21.9 Å². The Morgan fingerprint density at radius 2 is 2.32 bits per heavy atom. The van der Waals surface area contributed by atoms with E-state index in [1.165, 1.54) is 6.33 Å². The van der Waals surface area contributed by atoms with Crippen LogP contribution in [0.25, 0.3) is 11.2 Å². The minimum atomic E-state index is -0.0607. The lowest BCUT2D eigenvalue weighted by Gasteiger charge is -2.16. The molecule has 2 aromatic heterocycles. The number of hydrogen-bond donors (Lipinski definition) is 2. The van der Waals surface area contributed by atoms with Crippen molar-refractivity contribution in [2.45, 2.75) is 32.1 Å². The molecule has 102 valence electrons. The molecule has 0 saturated carbocycles. The van der Waals surface area contributed by atoms with Crippen LogP contribution in [0.2, 0.25) is 0 Å². The molecule has 3 heterocycles. The lowest BCUT2D eigenvalue weighted by atomic mass is 10.0. The molecule has 1 saturated heterocycles. The smallest absolute Gasteiger partial charge is 0.165 e. The standard InChI is InChI=1S/C12H17N5O2/c1-7-2-8(4-18)19-9(7)3-17-6-16-10-11(13)14-5-15-12(10)17/h5-9,18H,2-4H2,1H3,(H2,13,14,15). The number of rotatable bonds is 3. The maximum Gasteiger partial charge on any atom is 0.165 e. The SMILES string of the molecule is CC1CC(CO)OC1Cn1cnc2c(N)ncnc21. The van der Waals surface area contributed by atoms with Crippen LogP contribution in [-0.4, -0.2) is 43.4 Å². The molecule has 7 nitrogen and oxygen atoms in total. The highest BCUT2D eigenvalue weighted by Gasteiger charge is 2.32. The zero-order valence-corrected chi connectivity index (χ0v) is 10.7. The molecular formula is C12H17N5O2. The first kappa shape index (κ1) is 12.3. The number of nitrogens with zero attached hydrogens (tertiary/aromatic N) is 4. The number of fused-ring (bicyclic) bond motifs is 1. The van der Waals surface area contributed by atoms with E-state index in [9.17, 15) is 0 Å². The highest BCUT2D eigenvalue weighted by molar-refractivity contribution is 5.81. The average molecular weight is 263 g/mol. The highest BCUT2D eigenvalue weighted by atomic mass is 16.5. The lowest BCUT2D eigenvalue weighted by Crippen LogP contribution is -2.22. The van der Waals surface area contributed by atoms with Crippen LogP contribution in [0, 0.1) is 5.92 Å². The molecule has 0 aliphatic carbocycles. The number of aromatic nitrogens is 4. The first-order valence-electron chi connectivity index (χ1n) is 6.36. The molecule has 19 heavy (non-hydrogen) atoms. The molecule has 3 unspecified atom stereocenters. The van der Waals surface area contributed by atoms with Gasteiger partial charge in [0.2, 0.25) is 0 Å². The average Bonchev–Trinajstić information content (AvgIpc) is 2.96. The summed E-state index contributed by atoms with van der Waals surface area (Å²) in [6, 6.07) is 0. The summed E-state index contributed by atoms with van der Waals surface area (Å²) in [6.07, 6.45) is 4.02. The Hall–Kier alpha value is -1.73. The fourth-order valence-corrected chi connectivity index (χ4v) is 2.57. The second kappa shape index (κ2) is 4.75. The minimum Gasteiger partial charge on any atom is -0.394 e. The van der Waals surface area contributed by atoms with Gasteiger partial charge in [0.05, 0.1) is 31.7 Å². The molecule has 3 rings (SSSR count). The summed E-state index contributed by atoms with van der Waals surface area (Å²) in [6.45, 7) is 2.86. The number of ether oxygens (including phenoxy) is 1. The second-order valence-corrected chi connectivity index (χ2v) is 5.02. The third kappa shape index (κ3) is 2.15. The van der Waals surface area contributed by atoms with Gasteiger partial charge < -0.3 is 20.1 Å². The predicted octanol–water partition coefficient (Wildman–Crippen LogP) is 0.194. The van der Waals surface area contributed by atoms with Crippen LogP contribution >= 0.6 is 0 Å². The van der Waals surface area contributed by atoms with Gasteiger partial charge in [0.25, 0.3) is 0 Å².